The van der Waals surface area contributed by atoms with E-state index in [1.165, 1.54) is 148 Å². The van der Waals surface area contributed by atoms with Gasteiger partial charge in [-0.3, -0.25) is 0 Å². The molecule has 0 amide bonds. The summed E-state index contributed by atoms with van der Waals surface area (Å²) in [6, 6.07) is 0. The Kier molecular flexibility index (Phi) is 16.2. The lowest BCUT2D eigenvalue weighted by molar-refractivity contribution is -0.250. The van der Waals surface area contributed by atoms with Crippen LogP contribution in [0.1, 0.15) is 209 Å². The van der Waals surface area contributed by atoms with Crippen LogP contribution in [0.25, 0.3) is 0 Å². The maximum absolute atomic E-state index is 12.9. The number of fused-ring (bicyclic) bond motifs is 4. The molecule has 0 aromatic rings. The molecule has 0 saturated heterocycles. The molecule has 17 rings (SSSR count). The summed E-state index contributed by atoms with van der Waals surface area (Å²) in [7, 11) is 0. The Morgan fingerprint density at radius 1 is 0.417 bits per heavy atom. The molecular weight excluding hydrogens is 1060 g/mol. The van der Waals surface area contributed by atoms with E-state index in [9.17, 15) is 28.8 Å². The van der Waals surface area contributed by atoms with Crippen molar-refractivity contribution < 1.29 is 57.2 Å². The zero-order chi connectivity index (χ0) is 59.5. The van der Waals surface area contributed by atoms with E-state index in [4.69, 9.17) is 28.4 Å². The number of esters is 6. The lowest BCUT2D eigenvalue weighted by atomic mass is 9.42. The van der Waals surface area contributed by atoms with Gasteiger partial charge in [-0.1, -0.05) is 74.1 Å². The zero-order valence-electron chi connectivity index (χ0n) is 52.4. The van der Waals surface area contributed by atoms with E-state index in [-0.39, 0.29) is 54.5 Å². The van der Waals surface area contributed by atoms with Crippen LogP contribution in [0.15, 0.2) is 37.5 Å². The highest BCUT2D eigenvalue weighted by atomic mass is 16.6. The first-order chi connectivity index (χ1) is 39.9. The number of hydrogen-bond donors (Lipinski definition) is 0. The van der Waals surface area contributed by atoms with Gasteiger partial charge in [0.1, 0.15) is 16.8 Å². The fourth-order valence-electron chi connectivity index (χ4n) is 25.0. The average Bonchev–Trinajstić information content (AvgIpc) is 1.06. The average molecular weight is 1160 g/mol. The summed E-state index contributed by atoms with van der Waals surface area (Å²) in [5.41, 5.74) is 0.669. The molecule has 16 bridgehead atoms. The van der Waals surface area contributed by atoms with Crippen molar-refractivity contribution in [1.82, 2.24) is 0 Å². The number of carbonyl (C=O) groups is 6. The van der Waals surface area contributed by atoms with Crippen molar-refractivity contribution in [2.24, 2.45) is 129 Å². The van der Waals surface area contributed by atoms with Crippen molar-refractivity contribution in [2.45, 2.75) is 226 Å². The van der Waals surface area contributed by atoms with Crippen LogP contribution in [0.5, 0.6) is 0 Å². The van der Waals surface area contributed by atoms with E-state index in [0.717, 1.165) is 72.3 Å². The van der Waals surface area contributed by atoms with Crippen LogP contribution in [0.3, 0.4) is 0 Å². The van der Waals surface area contributed by atoms with Crippen LogP contribution in [-0.2, 0) is 57.2 Å². The molecule has 0 heterocycles. The first-order valence-corrected chi connectivity index (χ1v) is 33.9. The minimum atomic E-state index is -0.565. The molecule has 17 saturated carbocycles. The monoisotopic (exact) mass is 1160 g/mol. The van der Waals surface area contributed by atoms with E-state index < -0.39 is 17.9 Å². The van der Waals surface area contributed by atoms with Gasteiger partial charge in [0.2, 0.25) is 0 Å². The number of rotatable bonds is 15. The Hall–Kier alpha value is -3.96. The van der Waals surface area contributed by atoms with Gasteiger partial charge in [-0.2, -0.15) is 0 Å². The quantitative estimate of drug-likeness (QED) is 0.0869. The second-order valence-corrected chi connectivity index (χ2v) is 33.0. The van der Waals surface area contributed by atoms with Crippen molar-refractivity contribution in [3.63, 3.8) is 0 Å². The zero-order valence-corrected chi connectivity index (χ0v) is 52.4. The van der Waals surface area contributed by atoms with E-state index in [1.807, 2.05) is 0 Å². The van der Waals surface area contributed by atoms with Crippen molar-refractivity contribution >= 4 is 35.8 Å². The molecule has 14 unspecified atom stereocenters. The molecule has 0 aromatic heterocycles. The topological polar surface area (TPSA) is 158 Å². The van der Waals surface area contributed by atoms with Gasteiger partial charge >= 0.3 is 35.8 Å². The van der Waals surface area contributed by atoms with Crippen LogP contribution >= 0.6 is 0 Å². The third kappa shape index (κ3) is 10.8. The Bertz CT molecular complexity index is 2550. The molecule has 0 radical (unpaired) electrons. The molecular formula is C72H104O12. The first kappa shape index (κ1) is 60.3. The minimum Gasteiger partial charge on any atom is -0.456 e. The van der Waals surface area contributed by atoms with Gasteiger partial charge in [0.15, 0.2) is 19.8 Å². The second-order valence-electron chi connectivity index (χ2n) is 33.0. The van der Waals surface area contributed by atoms with Crippen LogP contribution < -0.4 is 0 Å². The van der Waals surface area contributed by atoms with Crippen LogP contribution in [0, 0.1) is 129 Å². The standard InChI is InChI=1S/C25H36O4.C24H34O4.C23H34O4/c1-14(2)23(27)28-13-22(26)29-25(21-9-17-8-18(21)5-15(17)3)19-6-16-7-20(25)12-24(4,10-16)11-19;1-4-21(25)27-13-22(26)28-24(20-9-16-8-17(20)5-14(16)2)18-6-15-7-19(24)12-23(3,10-15)11-18;1-4-20(24)26-14-21(25)27-23(17-7-5-15(2)6-8-17)18-9-16-10-19(23)13-22(3,11-16)12-18/h15-21H,1,5-13H2,2-4H3;4,14-20H,1,5-13H2,2-3H3;4,15-19H,1,5-14H2,2-3H3. The van der Waals surface area contributed by atoms with Crippen LogP contribution in [-0.4, -0.2) is 72.4 Å². The summed E-state index contributed by atoms with van der Waals surface area (Å²) < 4.78 is 34.5. The van der Waals surface area contributed by atoms with Crippen molar-refractivity contribution in [3.05, 3.63) is 37.5 Å². The van der Waals surface area contributed by atoms with Gasteiger partial charge in [-0.25, -0.2) is 28.8 Å². The number of carbonyl (C=O) groups excluding carboxylic acids is 6. The van der Waals surface area contributed by atoms with Crippen molar-refractivity contribution in [3.8, 4) is 0 Å². The number of ether oxygens (including phenoxy) is 6. The van der Waals surface area contributed by atoms with E-state index >= 15 is 0 Å². The van der Waals surface area contributed by atoms with Crippen molar-refractivity contribution in [2.75, 3.05) is 19.8 Å². The maximum atomic E-state index is 12.9. The molecule has 0 aliphatic heterocycles. The Morgan fingerprint density at radius 2 is 0.750 bits per heavy atom. The summed E-state index contributed by atoms with van der Waals surface area (Å²) in [5, 5.41) is 0. The SMILES string of the molecule is C=C(C)C(=O)OCC(=O)OC1(C2CC3CC2CC3C)C2CC3CC1CC(C)(C3)C2.C=CC(=O)OCC(=O)OC1(C2CC3CC2CC3C)C2CC3CC1CC(C)(C3)C2.C=CC(=O)OCC(=O)OC1(C2CCC(C)CC2)C2CC3CC1CC(C)(C3)C2. The normalized spacial score (nSPS) is 48.4. The molecule has 17 aliphatic rings. The number of hydrogen-bond acceptors (Lipinski definition) is 12. The van der Waals surface area contributed by atoms with Gasteiger partial charge in [-0.15, -0.1) is 0 Å². The molecule has 12 heteroatoms. The van der Waals surface area contributed by atoms with Gasteiger partial charge in [0.25, 0.3) is 0 Å². The highest BCUT2D eigenvalue weighted by Gasteiger charge is 2.71. The van der Waals surface area contributed by atoms with Gasteiger partial charge in [-0.05, 0) is 236 Å². The lowest BCUT2D eigenvalue weighted by Gasteiger charge is -2.66. The fraction of sp³-hybridized carbons (Fsp3) is 0.833. The molecule has 12 nitrogen and oxygen atoms in total. The van der Waals surface area contributed by atoms with Gasteiger partial charge < -0.3 is 28.4 Å². The van der Waals surface area contributed by atoms with Crippen LogP contribution in [0.2, 0.25) is 0 Å². The summed E-state index contributed by atoms with van der Waals surface area (Å²) in [6.45, 7) is 25.6. The predicted molar refractivity (Wildman–Crippen MR) is 318 cm³/mol. The molecule has 0 aromatic carbocycles. The van der Waals surface area contributed by atoms with Gasteiger partial charge in [0.05, 0.1) is 0 Å². The molecule has 0 spiro atoms. The Labute approximate surface area is 502 Å². The van der Waals surface area contributed by atoms with Gasteiger partial charge in [0, 0.05) is 65.1 Å². The minimum absolute atomic E-state index is 0.287. The maximum Gasteiger partial charge on any atom is 0.344 e. The highest BCUT2D eigenvalue weighted by molar-refractivity contribution is 5.88. The molecule has 14 atom stereocenters. The molecule has 17 aliphatic carbocycles. The largest absolute Gasteiger partial charge is 0.456 e. The summed E-state index contributed by atoms with van der Waals surface area (Å²) in [5.74, 6) is 9.49. The summed E-state index contributed by atoms with van der Waals surface area (Å²) in [6.07, 6.45) is 33.1. The summed E-state index contributed by atoms with van der Waals surface area (Å²) in [4.78, 5) is 73.1. The highest BCUT2D eigenvalue weighted by Crippen LogP contribution is 2.73. The Morgan fingerprint density at radius 3 is 1.05 bits per heavy atom. The van der Waals surface area contributed by atoms with E-state index in [2.05, 4.69) is 61.3 Å². The smallest absolute Gasteiger partial charge is 0.344 e. The molecule has 17 fully saturated rings. The molecule has 0 N–H and O–H groups in total. The fourth-order valence-corrected chi connectivity index (χ4v) is 25.0. The summed E-state index contributed by atoms with van der Waals surface area (Å²) >= 11 is 0. The predicted octanol–water partition coefficient (Wildman–Crippen LogP) is 14.1. The third-order valence-electron chi connectivity index (χ3n) is 27.1. The molecule has 84 heavy (non-hydrogen) atoms. The first-order valence-electron chi connectivity index (χ1n) is 33.9. The Balaban J connectivity index is 0.000000124. The lowest BCUT2D eigenvalue weighted by Crippen LogP contribution is -2.66. The second kappa shape index (κ2) is 22.6. The van der Waals surface area contributed by atoms with Crippen molar-refractivity contribution in [1.29, 1.82) is 0 Å². The van der Waals surface area contributed by atoms with E-state index in [1.54, 1.807) is 6.92 Å². The third-order valence-corrected chi connectivity index (χ3v) is 27.1. The van der Waals surface area contributed by atoms with E-state index in [0.29, 0.717) is 86.9 Å². The molecule has 464 valence electrons. The van der Waals surface area contributed by atoms with Crippen LogP contribution in [0.4, 0.5) is 0 Å².